The predicted molar refractivity (Wildman–Crippen MR) is 99.0 cm³/mol. The van der Waals surface area contributed by atoms with Gasteiger partial charge in [-0.25, -0.2) is 0 Å². The molecular weight excluding hydrogens is 320 g/mol. The zero-order valence-electron chi connectivity index (χ0n) is 14.5. The van der Waals surface area contributed by atoms with Gasteiger partial charge in [0, 0.05) is 18.2 Å². The van der Waals surface area contributed by atoms with Crippen LogP contribution in [0.25, 0.3) is 11.4 Å². The fraction of sp³-hybridized carbons (Fsp3) is 0.389. The summed E-state index contributed by atoms with van der Waals surface area (Å²) in [4.78, 5) is 12.0. The summed E-state index contributed by atoms with van der Waals surface area (Å²) >= 11 is 1.40. The molecule has 0 unspecified atom stereocenters. The SMILES string of the molecule is C=CCn1c(SCC(=O)N[C@H](C)CC)nnc1-c1cccc(C)c1. The molecule has 0 fully saturated rings. The van der Waals surface area contributed by atoms with Crippen LogP contribution in [0.15, 0.2) is 42.1 Å². The maximum absolute atomic E-state index is 12.0. The van der Waals surface area contributed by atoms with Crippen molar-refractivity contribution in [3.8, 4) is 11.4 Å². The Morgan fingerprint density at radius 1 is 1.46 bits per heavy atom. The van der Waals surface area contributed by atoms with Gasteiger partial charge in [0.05, 0.1) is 5.75 Å². The maximum atomic E-state index is 12.0. The molecule has 0 bridgehead atoms. The molecule has 1 aromatic carbocycles. The Morgan fingerprint density at radius 2 is 2.25 bits per heavy atom. The number of nitrogens with one attached hydrogen (secondary N) is 1. The molecule has 1 N–H and O–H groups in total. The second-order valence-corrected chi connectivity index (χ2v) is 6.68. The quantitative estimate of drug-likeness (QED) is 0.589. The molecule has 24 heavy (non-hydrogen) atoms. The van der Waals surface area contributed by atoms with E-state index in [4.69, 9.17) is 0 Å². The molecular formula is C18H24N4OS. The molecule has 0 aliphatic carbocycles. The monoisotopic (exact) mass is 344 g/mol. The second-order valence-electron chi connectivity index (χ2n) is 5.74. The molecule has 0 saturated carbocycles. The minimum Gasteiger partial charge on any atom is -0.353 e. The summed E-state index contributed by atoms with van der Waals surface area (Å²) < 4.78 is 1.99. The molecule has 0 aliphatic heterocycles. The summed E-state index contributed by atoms with van der Waals surface area (Å²) in [5.41, 5.74) is 2.18. The number of nitrogens with zero attached hydrogens (tertiary/aromatic N) is 3. The van der Waals surface area contributed by atoms with E-state index < -0.39 is 0 Å². The smallest absolute Gasteiger partial charge is 0.230 e. The first-order valence-electron chi connectivity index (χ1n) is 8.08. The van der Waals surface area contributed by atoms with Crippen LogP contribution in [-0.4, -0.2) is 32.5 Å². The first kappa shape index (κ1) is 18.3. The number of hydrogen-bond acceptors (Lipinski definition) is 4. The Kier molecular flexibility index (Phi) is 6.61. The molecule has 2 aromatic rings. The summed E-state index contributed by atoms with van der Waals surface area (Å²) in [6, 6.07) is 8.33. The van der Waals surface area contributed by atoms with Gasteiger partial charge in [0.25, 0.3) is 0 Å². The van der Waals surface area contributed by atoms with Crippen molar-refractivity contribution in [1.29, 1.82) is 0 Å². The third kappa shape index (κ3) is 4.71. The highest BCUT2D eigenvalue weighted by molar-refractivity contribution is 7.99. The van der Waals surface area contributed by atoms with Crippen LogP contribution in [0.2, 0.25) is 0 Å². The van der Waals surface area contributed by atoms with Crippen molar-refractivity contribution in [1.82, 2.24) is 20.1 Å². The lowest BCUT2D eigenvalue weighted by Crippen LogP contribution is -2.33. The molecule has 0 aliphatic rings. The molecule has 0 spiro atoms. The van der Waals surface area contributed by atoms with E-state index in [1.165, 1.54) is 17.3 Å². The molecule has 1 atom stereocenters. The van der Waals surface area contributed by atoms with Crippen molar-refractivity contribution in [2.45, 2.75) is 44.9 Å². The van der Waals surface area contributed by atoms with Crippen LogP contribution in [0.3, 0.4) is 0 Å². The Bertz CT molecular complexity index is 711. The number of carbonyl (C=O) groups is 1. The molecule has 2 rings (SSSR count). The zero-order chi connectivity index (χ0) is 17.5. The normalized spacial score (nSPS) is 12.0. The van der Waals surface area contributed by atoms with E-state index in [2.05, 4.69) is 28.2 Å². The summed E-state index contributed by atoms with van der Waals surface area (Å²) in [6.07, 6.45) is 2.73. The zero-order valence-corrected chi connectivity index (χ0v) is 15.3. The lowest BCUT2D eigenvalue weighted by Gasteiger charge is -2.11. The summed E-state index contributed by atoms with van der Waals surface area (Å²) in [6.45, 7) is 10.5. The minimum atomic E-state index is 0.0135. The molecule has 128 valence electrons. The average molecular weight is 344 g/mol. The van der Waals surface area contributed by atoms with E-state index in [9.17, 15) is 4.79 Å². The highest BCUT2D eigenvalue weighted by Gasteiger charge is 2.15. The van der Waals surface area contributed by atoms with E-state index in [1.54, 1.807) is 0 Å². The van der Waals surface area contributed by atoms with Crippen molar-refractivity contribution in [2.75, 3.05) is 5.75 Å². The van der Waals surface area contributed by atoms with Gasteiger partial charge < -0.3 is 5.32 Å². The number of aromatic nitrogens is 3. The van der Waals surface area contributed by atoms with Crippen molar-refractivity contribution in [3.63, 3.8) is 0 Å². The first-order valence-corrected chi connectivity index (χ1v) is 9.07. The lowest BCUT2D eigenvalue weighted by molar-refractivity contribution is -0.119. The van der Waals surface area contributed by atoms with Crippen molar-refractivity contribution in [2.24, 2.45) is 0 Å². The number of benzene rings is 1. The average Bonchev–Trinajstić information content (AvgIpc) is 2.96. The standard InChI is InChI=1S/C18H24N4OS/c1-5-10-22-17(15-9-7-8-13(3)11-15)20-21-18(22)24-12-16(23)19-14(4)6-2/h5,7-9,11,14H,1,6,10,12H2,2-4H3,(H,19,23)/t14-/m1/s1. The number of carbonyl (C=O) groups excluding carboxylic acids is 1. The number of rotatable bonds is 8. The maximum Gasteiger partial charge on any atom is 0.230 e. The first-order chi connectivity index (χ1) is 11.5. The fourth-order valence-corrected chi connectivity index (χ4v) is 2.99. The minimum absolute atomic E-state index is 0.0135. The van der Waals surface area contributed by atoms with Crippen LogP contribution in [-0.2, 0) is 11.3 Å². The third-order valence-electron chi connectivity index (χ3n) is 3.66. The van der Waals surface area contributed by atoms with Crippen LogP contribution >= 0.6 is 11.8 Å². The highest BCUT2D eigenvalue weighted by atomic mass is 32.2. The van der Waals surface area contributed by atoms with Crippen LogP contribution in [0.4, 0.5) is 0 Å². The van der Waals surface area contributed by atoms with Gasteiger partial charge in [0.2, 0.25) is 5.91 Å². The van der Waals surface area contributed by atoms with Crippen molar-refractivity contribution >= 4 is 17.7 Å². The second kappa shape index (κ2) is 8.68. The van der Waals surface area contributed by atoms with E-state index in [0.29, 0.717) is 12.3 Å². The van der Waals surface area contributed by atoms with Gasteiger partial charge in [0.1, 0.15) is 0 Å². The van der Waals surface area contributed by atoms with Crippen LogP contribution in [0, 0.1) is 6.92 Å². The summed E-state index contributed by atoms with van der Waals surface area (Å²) in [7, 11) is 0. The Morgan fingerprint density at radius 3 is 2.92 bits per heavy atom. The highest BCUT2D eigenvalue weighted by Crippen LogP contribution is 2.24. The van der Waals surface area contributed by atoms with Crippen LogP contribution in [0.1, 0.15) is 25.8 Å². The van der Waals surface area contributed by atoms with Gasteiger partial charge in [-0.2, -0.15) is 0 Å². The molecule has 1 aromatic heterocycles. The Balaban J connectivity index is 2.16. The lowest BCUT2D eigenvalue weighted by atomic mass is 10.1. The van der Waals surface area contributed by atoms with Gasteiger partial charge in [-0.15, -0.1) is 16.8 Å². The Hall–Kier alpha value is -2.08. The summed E-state index contributed by atoms with van der Waals surface area (Å²) in [5, 5.41) is 12.3. The fourth-order valence-electron chi connectivity index (χ4n) is 2.24. The molecule has 1 heterocycles. The number of thioether (sulfide) groups is 1. The van der Waals surface area contributed by atoms with Gasteiger partial charge >= 0.3 is 0 Å². The number of amides is 1. The van der Waals surface area contributed by atoms with Crippen molar-refractivity contribution < 1.29 is 4.79 Å². The van der Waals surface area contributed by atoms with Gasteiger partial charge in [-0.1, -0.05) is 48.5 Å². The van der Waals surface area contributed by atoms with Crippen molar-refractivity contribution in [3.05, 3.63) is 42.5 Å². The third-order valence-corrected chi connectivity index (χ3v) is 4.62. The largest absolute Gasteiger partial charge is 0.353 e. The number of allylic oxidation sites excluding steroid dienone is 1. The van der Waals surface area contributed by atoms with E-state index in [0.717, 1.165) is 23.0 Å². The molecule has 5 nitrogen and oxygen atoms in total. The predicted octanol–water partition coefficient (Wildman–Crippen LogP) is 3.45. The molecule has 1 amide bonds. The molecule has 0 radical (unpaired) electrons. The number of aryl methyl sites for hydroxylation is 1. The topological polar surface area (TPSA) is 59.8 Å². The van der Waals surface area contributed by atoms with Gasteiger partial charge in [-0.3, -0.25) is 9.36 Å². The molecule has 6 heteroatoms. The van der Waals surface area contributed by atoms with E-state index >= 15 is 0 Å². The summed E-state index contributed by atoms with van der Waals surface area (Å²) in [5.74, 6) is 1.14. The Labute approximate surface area is 147 Å². The van der Waals surface area contributed by atoms with Crippen LogP contribution < -0.4 is 5.32 Å². The van der Waals surface area contributed by atoms with Gasteiger partial charge in [0.15, 0.2) is 11.0 Å². The van der Waals surface area contributed by atoms with Gasteiger partial charge in [-0.05, 0) is 26.3 Å². The van der Waals surface area contributed by atoms with E-state index in [-0.39, 0.29) is 11.9 Å². The number of hydrogen-bond donors (Lipinski definition) is 1. The molecule has 0 saturated heterocycles. The van der Waals surface area contributed by atoms with E-state index in [1.807, 2.05) is 49.6 Å². The van der Waals surface area contributed by atoms with Crippen LogP contribution in [0.5, 0.6) is 0 Å².